The predicted molar refractivity (Wildman–Crippen MR) is 104 cm³/mol. The Morgan fingerprint density at radius 2 is 1.75 bits per heavy atom. The van der Waals surface area contributed by atoms with Crippen molar-refractivity contribution in [2.75, 3.05) is 11.9 Å². The van der Waals surface area contributed by atoms with Crippen molar-refractivity contribution < 1.29 is 0 Å². The van der Waals surface area contributed by atoms with E-state index in [9.17, 15) is 0 Å². The number of benzene rings is 2. The topological polar surface area (TPSA) is 43.0 Å². The molecule has 3 heteroatoms. The van der Waals surface area contributed by atoms with E-state index < -0.39 is 0 Å². The maximum Gasteiger partial charge on any atom is 0.0492 e. The Hall–Kier alpha value is -2.00. The molecule has 0 bridgehead atoms. The second-order valence-corrected chi connectivity index (χ2v) is 7.16. The first-order valence-corrected chi connectivity index (χ1v) is 9.26. The monoisotopic (exact) mass is 321 g/mol. The largest absolute Gasteiger partial charge is 0.385 e. The van der Waals surface area contributed by atoms with E-state index in [2.05, 4.69) is 59.3 Å². The van der Waals surface area contributed by atoms with Crippen molar-refractivity contribution in [2.24, 2.45) is 11.7 Å². The van der Waals surface area contributed by atoms with Crippen LogP contribution in [-0.2, 0) is 6.54 Å². The quantitative estimate of drug-likeness (QED) is 0.728. The first-order valence-electron chi connectivity index (χ1n) is 9.26. The molecule has 3 nitrogen and oxygen atoms in total. The summed E-state index contributed by atoms with van der Waals surface area (Å²) in [5.74, 6) is 0.762. The number of hydrogen-bond acceptors (Lipinski definition) is 2. The van der Waals surface area contributed by atoms with E-state index in [1.807, 2.05) is 0 Å². The van der Waals surface area contributed by atoms with Crippen LogP contribution in [0.1, 0.15) is 32.6 Å². The molecule has 1 aromatic heterocycles. The second-order valence-electron chi connectivity index (χ2n) is 7.16. The van der Waals surface area contributed by atoms with E-state index in [1.165, 1.54) is 53.2 Å². The molecule has 0 amide bonds. The molecule has 1 fully saturated rings. The van der Waals surface area contributed by atoms with Crippen LogP contribution in [0, 0.1) is 5.92 Å². The average molecular weight is 321 g/mol. The molecule has 0 spiro atoms. The summed E-state index contributed by atoms with van der Waals surface area (Å²) in [6.07, 6.45) is 4.86. The van der Waals surface area contributed by atoms with Crippen molar-refractivity contribution in [1.82, 2.24) is 4.57 Å². The fourth-order valence-electron chi connectivity index (χ4n) is 4.16. The summed E-state index contributed by atoms with van der Waals surface area (Å²) in [7, 11) is 0. The van der Waals surface area contributed by atoms with Gasteiger partial charge in [-0.2, -0.15) is 0 Å². The smallest absolute Gasteiger partial charge is 0.0492 e. The van der Waals surface area contributed by atoms with Crippen molar-refractivity contribution in [3.8, 4) is 0 Å². The van der Waals surface area contributed by atoms with Gasteiger partial charge >= 0.3 is 0 Å². The Morgan fingerprint density at radius 1 is 1.00 bits per heavy atom. The highest BCUT2D eigenvalue weighted by atomic mass is 15.0. The zero-order valence-electron chi connectivity index (χ0n) is 14.5. The van der Waals surface area contributed by atoms with E-state index in [4.69, 9.17) is 5.73 Å². The first-order chi connectivity index (χ1) is 11.8. The van der Waals surface area contributed by atoms with Gasteiger partial charge in [0.25, 0.3) is 0 Å². The van der Waals surface area contributed by atoms with Crippen LogP contribution in [0.3, 0.4) is 0 Å². The molecule has 0 aliphatic heterocycles. The van der Waals surface area contributed by atoms with Gasteiger partial charge in [0.15, 0.2) is 0 Å². The normalized spacial score (nSPS) is 21.4. The SMILES string of the molecule is CCn1c2ccccc2c2cc(NCC3CCC(N)CC3)ccc21. The third-order valence-corrected chi connectivity index (χ3v) is 5.57. The summed E-state index contributed by atoms with van der Waals surface area (Å²) in [5.41, 5.74) is 9.90. The van der Waals surface area contributed by atoms with Crippen LogP contribution in [0.15, 0.2) is 42.5 Å². The number of para-hydroxylation sites is 1. The molecule has 3 aromatic rings. The standard InChI is InChI=1S/C21H27N3/c1-2-24-20-6-4-3-5-18(20)19-13-17(11-12-21(19)24)23-14-15-7-9-16(22)10-8-15/h3-6,11-13,15-16,23H,2,7-10,14,22H2,1H3. The summed E-state index contributed by atoms with van der Waals surface area (Å²) in [5, 5.41) is 6.36. The summed E-state index contributed by atoms with van der Waals surface area (Å²) in [4.78, 5) is 0. The molecule has 0 atom stereocenters. The van der Waals surface area contributed by atoms with Gasteiger partial charge in [-0.1, -0.05) is 18.2 Å². The van der Waals surface area contributed by atoms with Crippen LogP contribution in [0.2, 0.25) is 0 Å². The van der Waals surface area contributed by atoms with Gasteiger partial charge in [-0.05, 0) is 62.8 Å². The van der Waals surface area contributed by atoms with Gasteiger partial charge in [0, 0.05) is 46.6 Å². The fourth-order valence-corrected chi connectivity index (χ4v) is 4.16. The fraction of sp³-hybridized carbons (Fsp3) is 0.429. The minimum Gasteiger partial charge on any atom is -0.385 e. The summed E-state index contributed by atoms with van der Waals surface area (Å²) in [6, 6.07) is 15.9. The Kier molecular flexibility index (Phi) is 4.19. The molecular formula is C21H27N3. The lowest BCUT2D eigenvalue weighted by Gasteiger charge is -2.26. The van der Waals surface area contributed by atoms with Crippen molar-refractivity contribution in [3.63, 3.8) is 0 Å². The number of aromatic nitrogens is 1. The molecule has 3 N–H and O–H groups in total. The van der Waals surface area contributed by atoms with Crippen molar-refractivity contribution >= 4 is 27.5 Å². The highest BCUT2D eigenvalue weighted by Gasteiger charge is 2.18. The van der Waals surface area contributed by atoms with Crippen molar-refractivity contribution in [2.45, 2.75) is 45.2 Å². The van der Waals surface area contributed by atoms with Gasteiger partial charge in [0.05, 0.1) is 0 Å². The Balaban J connectivity index is 1.60. The first kappa shape index (κ1) is 15.5. The van der Waals surface area contributed by atoms with Crippen LogP contribution in [-0.4, -0.2) is 17.2 Å². The number of hydrogen-bond donors (Lipinski definition) is 2. The molecule has 126 valence electrons. The van der Waals surface area contributed by atoms with Gasteiger partial charge in [-0.25, -0.2) is 0 Å². The number of nitrogens with zero attached hydrogens (tertiary/aromatic N) is 1. The van der Waals surface area contributed by atoms with E-state index in [0.717, 1.165) is 19.0 Å². The number of aryl methyl sites for hydroxylation is 1. The number of nitrogens with one attached hydrogen (secondary N) is 1. The minimum atomic E-state index is 0.428. The molecule has 24 heavy (non-hydrogen) atoms. The van der Waals surface area contributed by atoms with Gasteiger partial charge in [0.2, 0.25) is 0 Å². The summed E-state index contributed by atoms with van der Waals surface area (Å²) in [6.45, 7) is 4.27. The van der Waals surface area contributed by atoms with E-state index in [0.29, 0.717) is 6.04 Å². The molecule has 0 radical (unpaired) electrons. The predicted octanol–water partition coefficient (Wildman–Crippen LogP) is 4.74. The molecule has 2 aromatic carbocycles. The molecule has 1 aliphatic carbocycles. The van der Waals surface area contributed by atoms with E-state index in [1.54, 1.807) is 0 Å². The maximum atomic E-state index is 6.01. The molecular weight excluding hydrogens is 294 g/mol. The van der Waals surface area contributed by atoms with Crippen LogP contribution in [0.5, 0.6) is 0 Å². The zero-order chi connectivity index (χ0) is 16.5. The van der Waals surface area contributed by atoms with Gasteiger partial charge < -0.3 is 15.6 Å². The molecule has 4 rings (SSSR count). The van der Waals surface area contributed by atoms with Crippen molar-refractivity contribution in [3.05, 3.63) is 42.5 Å². The average Bonchev–Trinajstić information content (AvgIpc) is 2.94. The number of rotatable bonds is 4. The van der Waals surface area contributed by atoms with Crippen LogP contribution < -0.4 is 11.1 Å². The maximum absolute atomic E-state index is 6.01. The van der Waals surface area contributed by atoms with Crippen molar-refractivity contribution in [1.29, 1.82) is 0 Å². The Labute approximate surface area is 143 Å². The summed E-state index contributed by atoms with van der Waals surface area (Å²) < 4.78 is 2.40. The third-order valence-electron chi connectivity index (χ3n) is 5.57. The summed E-state index contributed by atoms with van der Waals surface area (Å²) >= 11 is 0. The molecule has 0 saturated heterocycles. The lowest BCUT2D eigenvalue weighted by molar-refractivity contribution is 0.339. The Bertz CT molecular complexity index is 841. The van der Waals surface area contributed by atoms with Gasteiger partial charge in [-0.3, -0.25) is 0 Å². The van der Waals surface area contributed by atoms with Gasteiger partial charge in [-0.15, -0.1) is 0 Å². The Morgan fingerprint density at radius 3 is 2.54 bits per heavy atom. The zero-order valence-corrected chi connectivity index (χ0v) is 14.5. The molecule has 1 heterocycles. The van der Waals surface area contributed by atoms with E-state index in [-0.39, 0.29) is 0 Å². The lowest BCUT2D eigenvalue weighted by atomic mass is 9.86. The molecule has 1 saturated carbocycles. The second kappa shape index (κ2) is 6.48. The number of anilines is 1. The highest BCUT2D eigenvalue weighted by molar-refractivity contribution is 6.09. The molecule has 1 aliphatic rings. The number of nitrogens with two attached hydrogens (primary N) is 1. The minimum absolute atomic E-state index is 0.428. The van der Waals surface area contributed by atoms with Crippen LogP contribution in [0.25, 0.3) is 21.8 Å². The van der Waals surface area contributed by atoms with E-state index >= 15 is 0 Å². The van der Waals surface area contributed by atoms with Crippen LogP contribution in [0.4, 0.5) is 5.69 Å². The lowest BCUT2D eigenvalue weighted by Crippen LogP contribution is -2.29. The highest BCUT2D eigenvalue weighted by Crippen LogP contribution is 2.31. The van der Waals surface area contributed by atoms with Crippen LogP contribution >= 0.6 is 0 Å². The van der Waals surface area contributed by atoms with Gasteiger partial charge in [0.1, 0.15) is 0 Å². The number of fused-ring (bicyclic) bond motifs is 3. The third kappa shape index (κ3) is 2.78. The molecule has 0 unspecified atom stereocenters.